The first-order valence-corrected chi connectivity index (χ1v) is 6.91. The predicted octanol–water partition coefficient (Wildman–Crippen LogP) is 4.12. The molecule has 0 unspecified atom stereocenters. The number of nitriles is 1. The highest BCUT2D eigenvalue weighted by Crippen LogP contribution is 2.22. The number of hydrogen-bond donors (Lipinski definition) is 0. The smallest absolute Gasteiger partial charge is 0.140 e. The Morgan fingerprint density at radius 1 is 1.14 bits per heavy atom. The maximum Gasteiger partial charge on any atom is 0.140 e. The molecule has 3 aromatic rings. The molecular formula is C17H12ClN3. The second-order valence-corrected chi connectivity index (χ2v) is 5.07. The monoisotopic (exact) mass is 293 g/mol. The molecule has 21 heavy (non-hydrogen) atoms. The minimum Gasteiger partial charge on any atom is -0.327 e. The largest absolute Gasteiger partial charge is 0.327 e. The summed E-state index contributed by atoms with van der Waals surface area (Å²) in [5, 5.41) is 9.48. The molecular weight excluding hydrogens is 282 g/mol. The van der Waals surface area contributed by atoms with E-state index in [0.29, 0.717) is 17.1 Å². The standard InChI is InChI=1S/C17H12ClN3/c18-16-10-13(11-19)6-7-15(16)12-21-9-8-20-17(21)14-4-2-1-3-5-14/h1-10H,12H2. The Morgan fingerprint density at radius 3 is 2.67 bits per heavy atom. The van der Waals surface area contributed by atoms with Gasteiger partial charge in [0.2, 0.25) is 0 Å². The Labute approximate surface area is 128 Å². The van der Waals surface area contributed by atoms with Crippen molar-refractivity contribution in [1.82, 2.24) is 9.55 Å². The molecule has 0 aliphatic rings. The van der Waals surface area contributed by atoms with Gasteiger partial charge < -0.3 is 4.57 Å². The zero-order valence-electron chi connectivity index (χ0n) is 11.2. The third-order valence-electron chi connectivity index (χ3n) is 3.27. The minimum atomic E-state index is 0.567. The Balaban J connectivity index is 1.94. The fraction of sp³-hybridized carbons (Fsp3) is 0.0588. The van der Waals surface area contributed by atoms with Crippen LogP contribution in [0.5, 0.6) is 0 Å². The molecule has 1 heterocycles. The van der Waals surface area contributed by atoms with E-state index in [9.17, 15) is 0 Å². The zero-order chi connectivity index (χ0) is 14.7. The second-order valence-electron chi connectivity index (χ2n) is 4.66. The summed E-state index contributed by atoms with van der Waals surface area (Å²) in [5.41, 5.74) is 2.59. The SMILES string of the molecule is N#Cc1ccc(Cn2ccnc2-c2ccccc2)c(Cl)c1. The quantitative estimate of drug-likeness (QED) is 0.729. The predicted molar refractivity (Wildman–Crippen MR) is 82.9 cm³/mol. The average Bonchev–Trinajstić information content (AvgIpc) is 2.98. The molecule has 2 aromatic carbocycles. The van der Waals surface area contributed by atoms with Crippen LogP contribution in [0.25, 0.3) is 11.4 Å². The first kappa shape index (κ1) is 13.4. The van der Waals surface area contributed by atoms with Crippen LogP contribution >= 0.6 is 11.6 Å². The lowest BCUT2D eigenvalue weighted by Gasteiger charge is -2.09. The highest BCUT2D eigenvalue weighted by molar-refractivity contribution is 6.31. The second kappa shape index (κ2) is 5.82. The van der Waals surface area contributed by atoms with Gasteiger partial charge in [0.25, 0.3) is 0 Å². The molecule has 0 aliphatic heterocycles. The molecule has 0 aliphatic carbocycles. The van der Waals surface area contributed by atoms with Crippen molar-refractivity contribution in [3.8, 4) is 17.5 Å². The van der Waals surface area contributed by atoms with E-state index in [-0.39, 0.29) is 0 Å². The summed E-state index contributed by atoms with van der Waals surface area (Å²) in [7, 11) is 0. The number of aromatic nitrogens is 2. The summed E-state index contributed by atoms with van der Waals surface area (Å²) >= 11 is 6.24. The molecule has 0 amide bonds. The van der Waals surface area contributed by atoms with Gasteiger partial charge >= 0.3 is 0 Å². The maximum atomic E-state index is 8.88. The van der Waals surface area contributed by atoms with Crippen molar-refractivity contribution in [2.24, 2.45) is 0 Å². The minimum absolute atomic E-state index is 0.567. The normalized spacial score (nSPS) is 10.3. The number of imidazole rings is 1. The van der Waals surface area contributed by atoms with E-state index < -0.39 is 0 Å². The van der Waals surface area contributed by atoms with Crippen molar-refractivity contribution < 1.29 is 0 Å². The van der Waals surface area contributed by atoms with Crippen molar-refractivity contribution in [3.05, 3.63) is 77.1 Å². The van der Waals surface area contributed by atoms with Gasteiger partial charge in [-0.05, 0) is 17.7 Å². The molecule has 0 radical (unpaired) electrons. The van der Waals surface area contributed by atoms with Gasteiger partial charge in [-0.3, -0.25) is 0 Å². The number of rotatable bonds is 3. The van der Waals surface area contributed by atoms with Gasteiger partial charge in [-0.25, -0.2) is 4.98 Å². The maximum absolute atomic E-state index is 8.88. The van der Waals surface area contributed by atoms with E-state index >= 15 is 0 Å². The number of nitrogens with zero attached hydrogens (tertiary/aromatic N) is 3. The van der Waals surface area contributed by atoms with Gasteiger partial charge in [0, 0.05) is 23.0 Å². The molecule has 0 atom stereocenters. The summed E-state index contributed by atoms with van der Waals surface area (Å²) in [6.45, 7) is 0.620. The molecule has 0 saturated heterocycles. The van der Waals surface area contributed by atoms with Crippen LogP contribution in [0.3, 0.4) is 0 Å². The third-order valence-corrected chi connectivity index (χ3v) is 3.62. The Morgan fingerprint density at radius 2 is 1.95 bits per heavy atom. The van der Waals surface area contributed by atoms with Crippen LogP contribution < -0.4 is 0 Å². The van der Waals surface area contributed by atoms with Crippen molar-refractivity contribution in [2.75, 3.05) is 0 Å². The summed E-state index contributed by atoms with van der Waals surface area (Å²) < 4.78 is 2.04. The van der Waals surface area contributed by atoms with E-state index in [4.69, 9.17) is 16.9 Å². The zero-order valence-corrected chi connectivity index (χ0v) is 12.0. The Bertz CT molecular complexity index is 800. The van der Waals surface area contributed by atoms with Gasteiger partial charge in [-0.2, -0.15) is 5.26 Å². The average molecular weight is 294 g/mol. The van der Waals surface area contributed by atoms with Gasteiger partial charge in [0.15, 0.2) is 0 Å². The van der Waals surface area contributed by atoms with E-state index in [1.54, 1.807) is 18.3 Å². The molecule has 3 rings (SSSR count). The molecule has 0 saturated carbocycles. The molecule has 102 valence electrons. The van der Waals surface area contributed by atoms with Crippen molar-refractivity contribution >= 4 is 11.6 Å². The number of halogens is 1. The van der Waals surface area contributed by atoms with Gasteiger partial charge in [-0.15, -0.1) is 0 Å². The lowest BCUT2D eigenvalue weighted by Crippen LogP contribution is -2.02. The molecule has 1 aromatic heterocycles. The highest BCUT2D eigenvalue weighted by Gasteiger charge is 2.08. The van der Waals surface area contributed by atoms with Crippen LogP contribution in [0.1, 0.15) is 11.1 Å². The van der Waals surface area contributed by atoms with Gasteiger partial charge in [-0.1, -0.05) is 48.0 Å². The van der Waals surface area contributed by atoms with Crippen LogP contribution in [0.15, 0.2) is 60.9 Å². The highest BCUT2D eigenvalue weighted by atomic mass is 35.5. The fourth-order valence-electron chi connectivity index (χ4n) is 2.21. The van der Waals surface area contributed by atoms with Crippen LogP contribution in [0.4, 0.5) is 0 Å². The molecule has 4 heteroatoms. The first-order chi connectivity index (χ1) is 10.3. The van der Waals surface area contributed by atoms with Gasteiger partial charge in [0.1, 0.15) is 5.82 Å². The fourth-order valence-corrected chi connectivity index (χ4v) is 2.45. The number of hydrogen-bond acceptors (Lipinski definition) is 2. The molecule has 0 N–H and O–H groups in total. The van der Waals surface area contributed by atoms with Crippen LogP contribution in [-0.2, 0) is 6.54 Å². The Kier molecular flexibility index (Phi) is 3.72. The molecule has 3 nitrogen and oxygen atoms in total. The third kappa shape index (κ3) is 2.81. The molecule has 0 bridgehead atoms. The molecule has 0 spiro atoms. The van der Waals surface area contributed by atoms with Crippen LogP contribution in [0, 0.1) is 11.3 Å². The van der Waals surface area contributed by atoms with Crippen LogP contribution in [0.2, 0.25) is 5.02 Å². The van der Waals surface area contributed by atoms with E-state index in [1.807, 2.05) is 47.2 Å². The van der Waals surface area contributed by atoms with E-state index in [1.165, 1.54) is 0 Å². The summed E-state index contributed by atoms with van der Waals surface area (Å²) in [5.74, 6) is 0.899. The topological polar surface area (TPSA) is 41.6 Å². The summed E-state index contributed by atoms with van der Waals surface area (Å²) in [6.07, 6.45) is 3.71. The van der Waals surface area contributed by atoms with E-state index in [0.717, 1.165) is 17.0 Å². The van der Waals surface area contributed by atoms with E-state index in [2.05, 4.69) is 11.1 Å². The first-order valence-electron chi connectivity index (χ1n) is 6.53. The van der Waals surface area contributed by atoms with Gasteiger partial charge in [0.05, 0.1) is 18.2 Å². The summed E-state index contributed by atoms with van der Waals surface area (Å²) in [4.78, 5) is 4.41. The van der Waals surface area contributed by atoms with Crippen LogP contribution in [-0.4, -0.2) is 9.55 Å². The van der Waals surface area contributed by atoms with Crippen molar-refractivity contribution in [2.45, 2.75) is 6.54 Å². The van der Waals surface area contributed by atoms with Crippen molar-refractivity contribution in [3.63, 3.8) is 0 Å². The van der Waals surface area contributed by atoms with Crippen molar-refractivity contribution in [1.29, 1.82) is 5.26 Å². The lowest BCUT2D eigenvalue weighted by atomic mass is 10.1. The molecule has 0 fully saturated rings. The summed E-state index contributed by atoms with van der Waals surface area (Å²) in [6, 6.07) is 17.5. The Hall–Kier alpha value is -2.57. The number of benzene rings is 2. The lowest BCUT2D eigenvalue weighted by molar-refractivity contribution is 0.807.